The van der Waals surface area contributed by atoms with Gasteiger partial charge in [0.25, 0.3) is 5.56 Å². The highest BCUT2D eigenvalue weighted by molar-refractivity contribution is 6.31. The van der Waals surface area contributed by atoms with Crippen LogP contribution in [0.25, 0.3) is 11.1 Å². The van der Waals surface area contributed by atoms with Crippen LogP contribution in [-0.4, -0.2) is 4.98 Å². The smallest absolute Gasteiger partial charge is 0.255 e. The fraction of sp³-hybridized carbons (Fsp3) is 0. The lowest BCUT2D eigenvalue weighted by atomic mass is 10.1. The maximum Gasteiger partial charge on any atom is 0.255 e. The summed E-state index contributed by atoms with van der Waals surface area (Å²) in [4.78, 5) is 14.1. The lowest BCUT2D eigenvalue weighted by Crippen LogP contribution is -2.08. The van der Waals surface area contributed by atoms with E-state index in [0.29, 0.717) is 21.8 Å². The van der Waals surface area contributed by atoms with E-state index in [9.17, 15) is 4.79 Å². The Morgan fingerprint density at radius 3 is 2.67 bits per heavy atom. The van der Waals surface area contributed by atoms with Crippen LogP contribution in [0, 0.1) is 0 Å². The fourth-order valence-corrected chi connectivity index (χ4v) is 1.59. The molecule has 0 spiro atoms. The topological polar surface area (TPSA) is 58.9 Å². The zero-order chi connectivity index (χ0) is 10.8. The molecular weight excluding hydrogens is 212 g/mol. The molecule has 3 nitrogen and oxygen atoms in total. The molecule has 0 radical (unpaired) electrons. The molecule has 0 aliphatic carbocycles. The van der Waals surface area contributed by atoms with E-state index in [4.69, 9.17) is 17.3 Å². The molecule has 0 bridgehead atoms. The van der Waals surface area contributed by atoms with Gasteiger partial charge in [-0.05, 0) is 24.3 Å². The van der Waals surface area contributed by atoms with Gasteiger partial charge >= 0.3 is 0 Å². The number of nitrogens with two attached hydrogens (primary N) is 1. The standard InChI is InChI=1S/C11H9ClN2O/c12-7-3-4-8(10(13)6-7)9-2-1-5-14-11(9)15/h1-6H,13H2,(H,14,15). The minimum atomic E-state index is -0.161. The average molecular weight is 221 g/mol. The number of halogens is 1. The molecule has 0 amide bonds. The molecule has 0 atom stereocenters. The second-order valence-corrected chi connectivity index (χ2v) is 3.58. The molecule has 2 aromatic rings. The van der Waals surface area contributed by atoms with Crippen molar-refractivity contribution in [2.24, 2.45) is 0 Å². The number of benzene rings is 1. The van der Waals surface area contributed by atoms with Crippen molar-refractivity contribution < 1.29 is 0 Å². The quantitative estimate of drug-likeness (QED) is 0.725. The number of aromatic nitrogens is 1. The Kier molecular flexibility index (Phi) is 2.47. The van der Waals surface area contributed by atoms with Gasteiger partial charge in [0, 0.05) is 28.0 Å². The lowest BCUT2D eigenvalue weighted by molar-refractivity contribution is 1.24. The van der Waals surface area contributed by atoms with Gasteiger partial charge in [-0.3, -0.25) is 4.79 Å². The Morgan fingerprint density at radius 1 is 1.20 bits per heavy atom. The zero-order valence-corrected chi connectivity index (χ0v) is 8.58. The Labute approximate surface area is 91.5 Å². The van der Waals surface area contributed by atoms with E-state index in [1.165, 1.54) is 0 Å². The SMILES string of the molecule is Nc1cc(Cl)ccc1-c1ccc[nH]c1=O. The minimum absolute atomic E-state index is 0.161. The number of anilines is 1. The number of aromatic amines is 1. The second kappa shape index (κ2) is 3.79. The number of rotatable bonds is 1. The molecule has 3 N–H and O–H groups in total. The number of hydrogen-bond acceptors (Lipinski definition) is 2. The second-order valence-electron chi connectivity index (χ2n) is 3.14. The Hall–Kier alpha value is -1.74. The Balaban J connectivity index is 2.65. The summed E-state index contributed by atoms with van der Waals surface area (Å²) in [6.45, 7) is 0. The normalized spacial score (nSPS) is 10.2. The van der Waals surface area contributed by atoms with E-state index >= 15 is 0 Å². The third kappa shape index (κ3) is 1.87. The van der Waals surface area contributed by atoms with Crippen molar-refractivity contribution in [2.75, 3.05) is 5.73 Å². The molecule has 1 aromatic carbocycles. The molecule has 0 aliphatic rings. The third-order valence-corrected chi connectivity index (χ3v) is 2.36. The molecule has 2 rings (SSSR count). The molecule has 0 fully saturated rings. The minimum Gasteiger partial charge on any atom is -0.398 e. The van der Waals surface area contributed by atoms with Crippen molar-refractivity contribution >= 4 is 17.3 Å². The van der Waals surface area contributed by atoms with Gasteiger partial charge in [-0.2, -0.15) is 0 Å². The van der Waals surface area contributed by atoms with E-state index in [1.54, 1.807) is 36.5 Å². The Bertz CT molecular complexity index is 548. The van der Waals surface area contributed by atoms with Crippen LogP contribution in [-0.2, 0) is 0 Å². The summed E-state index contributed by atoms with van der Waals surface area (Å²) < 4.78 is 0. The van der Waals surface area contributed by atoms with Crippen molar-refractivity contribution in [1.29, 1.82) is 0 Å². The first-order chi connectivity index (χ1) is 7.18. The maximum absolute atomic E-state index is 11.5. The molecule has 0 saturated carbocycles. The molecule has 0 saturated heterocycles. The third-order valence-electron chi connectivity index (χ3n) is 2.12. The van der Waals surface area contributed by atoms with E-state index in [0.717, 1.165) is 0 Å². The summed E-state index contributed by atoms with van der Waals surface area (Å²) in [5.41, 5.74) is 7.37. The number of H-pyrrole nitrogens is 1. The van der Waals surface area contributed by atoms with E-state index in [1.807, 2.05) is 0 Å². The summed E-state index contributed by atoms with van der Waals surface area (Å²) >= 11 is 5.78. The summed E-state index contributed by atoms with van der Waals surface area (Å²) in [6, 6.07) is 8.55. The zero-order valence-electron chi connectivity index (χ0n) is 7.83. The number of nitrogens with one attached hydrogen (secondary N) is 1. The van der Waals surface area contributed by atoms with Crippen LogP contribution < -0.4 is 11.3 Å². The predicted molar refractivity (Wildman–Crippen MR) is 61.9 cm³/mol. The molecule has 0 unspecified atom stereocenters. The monoisotopic (exact) mass is 220 g/mol. The predicted octanol–water partition coefficient (Wildman–Crippen LogP) is 2.28. The van der Waals surface area contributed by atoms with Gasteiger partial charge in [-0.25, -0.2) is 0 Å². The first-order valence-electron chi connectivity index (χ1n) is 4.41. The average Bonchev–Trinajstić information content (AvgIpc) is 2.20. The van der Waals surface area contributed by atoms with Gasteiger partial charge in [0.05, 0.1) is 0 Å². The fourth-order valence-electron chi connectivity index (χ4n) is 1.41. The lowest BCUT2D eigenvalue weighted by Gasteiger charge is -2.04. The first kappa shape index (κ1) is 9.80. The summed E-state index contributed by atoms with van der Waals surface area (Å²) in [5, 5.41) is 0.559. The van der Waals surface area contributed by atoms with Crippen molar-refractivity contribution in [1.82, 2.24) is 4.98 Å². The Morgan fingerprint density at radius 2 is 2.00 bits per heavy atom. The highest BCUT2D eigenvalue weighted by Gasteiger charge is 2.06. The van der Waals surface area contributed by atoms with Crippen LogP contribution in [0.15, 0.2) is 41.3 Å². The van der Waals surface area contributed by atoms with Crippen LogP contribution >= 0.6 is 11.6 Å². The van der Waals surface area contributed by atoms with E-state index in [-0.39, 0.29) is 5.56 Å². The van der Waals surface area contributed by atoms with Crippen molar-refractivity contribution in [2.45, 2.75) is 0 Å². The largest absolute Gasteiger partial charge is 0.398 e. The molecule has 76 valence electrons. The number of nitrogen functional groups attached to an aromatic ring is 1. The van der Waals surface area contributed by atoms with Crippen molar-refractivity contribution in [3.05, 3.63) is 51.9 Å². The van der Waals surface area contributed by atoms with Gasteiger partial charge in [-0.1, -0.05) is 17.7 Å². The molecule has 1 aromatic heterocycles. The molecule has 1 heterocycles. The van der Waals surface area contributed by atoms with Crippen molar-refractivity contribution in [3.8, 4) is 11.1 Å². The van der Waals surface area contributed by atoms with Gasteiger partial charge in [0.15, 0.2) is 0 Å². The van der Waals surface area contributed by atoms with Gasteiger partial charge in [-0.15, -0.1) is 0 Å². The molecule has 0 aliphatic heterocycles. The van der Waals surface area contributed by atoms with Gasteiger partial charge < -0.3 is 10.7 Å². The highest BCUT2D eigenvalue weighted by Crippen LogP contribution is 2.25. The van der Waals surface area contributed by atoms with Crippen LogP contribution in [0.5, 0.6) is 0 Å². The van der Waals surface area contributed by atoms with E-state index in [2.05, 4.69) is 4.98 Å². The van der Waals surface area contributed by atoms with E-state index < -0.39 is 0 Å². The van der Waals surface area contributed by atoms with Crippen LogP contribution in [0.3, 0.4) is 0 Å². The summed E-state index contributed by atoms with van der Waals surface area (Å²) in [7, 11) is 0. The van der Waals surface area contributed by atoms with Crippen molar-refractivity contribution in [3.63, 3.8) is 0 Å². The summed E-state index contributed by atoms with van der Waals surface area (Å²) in [6.07, 6.45) is 1.58. The maximum atomic E-state index is 11.5. The van der Waals surface area contributed by atoms with Gasteiger partial charge in [0.2, 0.25) is 0 Å². The van der Waals surface area contributed by atoms with Crippen LogP contribution in [0.1, 0.15) is 0 Å². The highest BCUT2D eigenvalue weighted by atomic mass is 35.5. The number of hydrogen-bond donors (Lipinski definition) is 2. The molecule has 4 heteroatoms. The first-order valence-corrected chi connectivity index (χ1v) is 4.79. The van der Waals surface area contributed by atoms with Gasteiger partial charge in [0.1, 0.15) is 0 Å². The van der Waals surface area contributed by atoms with Crippen LogP contribution in [0.4, 0.5) is 5.69 Å². The van der Waals surface area contributed by atoms with Crippen LogP contribution in [0.2, 0.25) is 5.02 Å². The molecular formula is C11H9ClN2O. The summed E-state index contributed by atoms with van der Waals surface area (Å²) in [5.74, 6) is 0. The number of pyridine rings is 1. The molecule has 15 heavy (non-hydrogen) atoms.